The molecule has 0 atom stereocenters. The number of ketones is 1. The van der Waals surface area contributed by atoms with Crippen molar-refractivity contribution in [2.45, 2.75) is 32.2 Å². The summed E-state index contributed by atoms with van der Waals surface area (Å²) in [6.45, 7) is 2.11. The largest absolute Gasteiger partial charge is 0.353 e. The number of benzene rings is 1. The van der Waals surface area contributed by atoms with Gasteiger partial charge in [-0.25, -0.2) is 0 Å². The lowest BCUT2D eigenvalue weighted by atomic mass is 10.1. The summed E-state index contributed by atoms with van der Waals surface area (Å²) < 4.78 is 0. The van der Waals surface area contributed by atoms with E-state index in [2.05, 4.69) is 5.32 Å². The van der Waals surface area contributed by atoms with E-state index in [-0.39, 0.29) is 18.9 Å². The van der Waals surface area contributed by atoms with Gasteiger partial charge in [-0.1, -0.05) is 12.1 Å². The Hall–Kier alpha value is -2.17. The molecule has 1 heterocycles. The Morgan fingerprint density at radius 1 is 1.35 bits per heavy atom. The average Bonchev–Trinajstić information content (AvgIpc) is 3.18. The molecule has 1 saturated carbocycles. The monoisotopic (exact) mass is 272 g/mol. The molecule has 2 aliphatic rings. The molecule has 5 heteroatoms. The Bertz CT molecular complexity index is 605. The minimum absolute atomic E-state index is 0.0604. The highest BCUT2D eigenvalue weighted by molar-refractivity contribution is 6.52. The number of hydrogen-bond acceptors (Lipinski definition) is 3. The van der Waals surface area contributed by atoms with Crippen LogP contribution in [0.2, 0.25) is 0 Å². The number of nitrogens with zero attached hydrogens (tertiary/aromatic N) is 1. The molecule has 1 aromatic rings. The third kappa shape index (κ3) is 2.19. The van der Waals surface area contributed by atoms with Crippen LogP contribution < -0.4 is 10.2 Å². The van der Waals surface area contributed by atoms with Crippen molar-refractivity contribution in [3.63, 3.8) is 0 Å². The van der Waals surface area contributed by atoms with Gasteiger partial charge in [0, 0.05) is 19.0 Å². The van der Waals surface area contributed by atoms with Crippen molar-refractivity contribution in [3.8, 4) is 0 Å². The van der Waals surface area contributed by atoms with Crippen LogP contribution >= 0.6 is 0 Å². The molecule has 1 aliphatic carbocycles. The number of hydrogen-bond donors (Lipinski definition) is 1. The molecule has 1 N–H and O–H groups in total. The van der Waals surface area contributed by atoms with Crippen LogP contribution in [0.25, 0.3) is 0 Å². The normalized spacial score (nSPS) is 17.4. The number of para-hydroxylation sites is 1. The van der Waals surface area contributed by atoms with Gasteiger partial charge in [0.15, 0.2) is 0 Å². The smallest absolute Gasteiger partial charge is 0.299 e. The first kappa shape index (κ1) is 12.8. The highest BCUT2D eigenvalue weighted by atomic mass is 16.2. The number of rotatable bonds is 4. The summed E-state index contributed by atoms with van der Waals surface area (Å²) in [5.41, 5.74) is 1.98. The maximum Gasteiger partial charge on any atom is 0.299 e. The van der Waals surface area contributed by atoms with E-state index >= 15 is 0 Å². The standard InChI is InChI=1S/C15H16N2O3/c1-9-3-2-4-11-13(9)17(15(20)14(11)19)8-7-12(18)16-10-5-6-10/h2-4,10H,5-8H2,1H3,(H,16,18). The second kappa shape index (κ2) is 4.74. The zero-order chi connectivity index (χ0) is 14.3. The first-order valence-electron chi connectivity index (χ1n) is 6.83. The maximum absolute atomic E-state index is 12.0. The van der Waals surface area contributed by atoms with E-state index in [1.165, 1.54) is 4.90 Å². The minimum atomic E-state index is -0.534. The first-order chi connectivity index (χ1) is 9.58. The Balaban J connectivity index is 1.75. The highest BCUT2D eigenvalue weighted by Gasteiger charge is 2.36. The van der Waals surface area contributed by atoms with Crippen LogP contribution in [0, 0.1) is 6.92 Å². The molecule has 0 radical (unpaired) electrons. The number of aryl methyl sites for hydroxylation is 1. The number of amides is 2. The molecule has 1 aromatic carbocycles. The van der Waals surface area contributed by atoms with Gasteiger partial charge in [0.05, 0.1) is 11.3 Å². The maximum atomic E-state index is 12.0. The van der Waals surface area contributed by atoms with Crippen LogP contribution in [-0.4, -0.2) is 30.2 Å². The van der Waals surface area contributed by atoms with Gasteiger partial charge < -0.3 is 10.2 Å². The summed E-state index contributed by atoms with van der Waals surface area (Å²) in [5, 5.41) is 2.88. The van der Waals surface area contributed by atoms with Crippen LogP contribution in [0.4, 0.5) is 5.69 Å². The lowest BCUT2D eigenvalue weighted by Gasteiger charge is -2.18. The molecule has 2 amide bonds. The third-order valence-electron chi connectivity index (χ3n) is 3.70. The summed E-state index contributed by atoms with van der Waals surface area (Å²) in [4.78, 5) is 37.0. The van der Waals surface area contributed by atoms with E-state index in [1.54, 1.807) is 12.1 Å². The van der Waals surface area contributed by atoms with Gasteiger partial charge in [0.1, 0.15) is 0 Å². The fourth-order valence-electron chi connectivity index (χ4n) is 2.49. The van der Waals surface area contributed by atoms with E-state index in [4.69, 9.17) is 0 Å². The fraction of sp³-hybridized carbons (Fsp3) is 0.400. The van der Waals surface area contributed by atoms with Gasteiger partial charge in [0.25, 0.3) is 11.7 Å². The van der Waals surface area contributed by atoms with E-state index in [9.17, 15) is 14.4 Å². The van der Waals surface area contributed by atoms with Crippen LogP contribution in [-0.2, 0) is 9.59 Å². The summed E-state index contributed by atoms with van der Waals surface area (Å²) in [6, 6.07) is 5.60. The molecule has 20 heavy (non-hydrogen) atoms. The van der Waals surface area contributed by atoms with Gasteiger partial charge in [-0.15, -0.1) is 0 Å². The van der Waals surface area contributed by atoms with Crippen LogP contribution in [0.15, 0.2) is 18.2 Å². The van der Waals surface area contributed by atoms with Crippen LogP contribution in [0.3, 0.4) is 0 Å². The lowest BCUT2D eigenvalue weighted by molar-refractivity contribution is -0.121. The van der Waals surface area contributed by atoms with Crippen LogP contribution in [0.1, 0.15) is 35.2 Å². The molecule has 3 rings (SSSR count). The zero-order valence-electron chi connectivity index (χ0n) is 11.3. The number of fused-ring (bicyclic) bond motifs is 1. The molecule has 0 unspecified atom stereocenters. The van der Waals surface area contributed by atoms with E-state index in [1.807, 2.05) is 13.0 Å². The SMILES string of the molecule is Cc1cccc2c1N(CCC(=O)NC1CC1)C(=O)C2=O. The Kier molecular flexibility index (Phi) is 3.04. The van der Waals surface area contributed by atoms with Crippen LogP contribution in [0.5, 0.6) is 0 Å². The Morgan fingerprint density at radius 3 is 2.80 bits per heavy atom. The summed E-state index contributed by atoms with van der Waals surface area (Å²) in [6.07, 6.45) is 2.30. The fourth-order valence-corrected chi connectivity index (χ4v) is 2.49. The summed E-state index contributed by atoms with van der Waals surface area (Å²) in [5.74, 6) is -1.07. The van der Waals surface area contributed by atoms with Crippen molar-refractivity contribution in [1.82, 2.24) is 5.32 Å². The molecule has 1 fully saturated rings. The van der Waals surface area contributed by atoms with Crippen molar-refractivity contribution in [2.24, 2.45) is 0 Å². The highest BCUT2D eigenvalue weighted by Crippen LogP contribution is 2.32. The van der Waals surface area contributed by atoms with E-state index in [0.29, 0.717) is 17.3 Å². The quantitative estimate of drug-likeness (QED) is 0.837. The second-order valence-electron chi connectivity index (χ2n) is 5.35. The summed E-state index contributed by atoms with van der Waals surface area (Å²) in [7, 11) is 0. The predicted octanol–water partition coefficient (Wildman–Crippen LogP) is 1.19. The molecule has 0 saturated heterocycles. The Morgan fingerprint density at radius 2 is 2.10 bits per heavy atom. The second-order valence-corrected chi connectivity index (χ2v) is 5.35. The van der Waals surface area contributed by atoms with Gasteiger partial charge in [-0.2, -0.15) is 0 Å². The molecule has 5 nitrogen and oxygen atoms in total. The van der Waals surface area contributed by atoms with Crippen molar-refractivity contribution in [3.05, 3.63) is 29.3 Å². The molecule has 1 aliphatic heterocycles. The van der Waals surface area contributed by atoms with Gasteiger partial charge in [-0.3, -0.25) is 14.4 Å². The molecular weight excluding hydrogens is 256 g/mol. The zero-order valence-corrected chi connectivity index (χ0v) is 11.3. The predicted molar refractivity (Wildman–Crippen MR) is 73.6 cm³/mol. The molecule has 104 valence electrons. The van der Waals surface area contributed by atoms with E-state index < -0.39 is 11.7 Å². The van der Waals surface area contributed by atoms with Crippen molar-refractivity contribution in [1.29, 1.82) is 0 Å². The Labute approximate surface area is 116 Å². The minimum Gasteiger partial charge on any atom is -0.353 e. The number of anilines is 1. The van der Waals surface area contributed by atoms with Gasteiger partial charge >= 0.3 is 0 Å². The molecule has 0 aromatic heterocycles. The van der Waals surface area contributed by atoms with Gasteiger partial charge in [-0.05, 0) is 31.4 Å². The average molecular weight is 272 g/mol. The molecule has 0 spiro atoms. The lowest BCUT2D eigenvalue weighted by Crippen LogP contribution is -2.35. The van der Waals surface area contributed by atoms with Crippen molar-refractivity contribution in [2.75, 3.05) is 11.4 Å². The third-order valence-corrected chi connectivity index (χ3v) is 3.70. The summed E-state index contributed by atoms with van der Waals surface area (Å²) >= 11 is 0. The van der Waals surface area contributed by atoms with Crippen molar-refractivity contribution < 1.29 is 14.4 Å². The first-order valence-corrected chi connectivity index (χ1v) is 6.83. The molecular formula is C15H16N2O3. The van der Waals surface area contributed by atoms with E-state index in [0.717, 1.165) is 18.4 Å². The topological polar surface area (TPSA) is 66.5 Å². The number of carbonyl (C=O) groups is 3. The number of Topliss-reactive ketones (excluding diaryl/α,β-unsaturated/α-hetero) is 1. The van der Waals surface area contributed by atoms with Gasteiger partial charge in [0.2, 0.25) is 5.91 Å². The number of carbonyl (C=O) groups excluding carboxylic acids is 3. The molecule has 0 bridgehead atoms. The van der Waals surface area contributed by atoms with Crippen molar-refractivity contribution >= 4 is 23.3 Å². The number of nitrogens with one attached hydrogen (secondary N) is 1.